The van der Waals surface area contributed by atoms with Crippen molar-refractivity contribution >= 4 is 29.2 Å². The van der Waals surface area contributed by atoms with E-state index in [1.165, 1.54) is 0 Å². The molecule has 0 amide bonds. The molecule has 0 saturated carbocycles. The Morgan fingerprint density at radius 3 is 2.50 bits per heavy atom. The van der Waals surface area contributed by atoms with Crippen molar-refractivity contribution < 1.29 is 35.7 Å². The van der Waals surface area contributed by atoms with Crippen LogP contribution in [0.1, 0.15) is 21.7 Å². The van der Waals surface area contributed by atoms with E-state index >= 15 is 0 Å². The van der Waals surface area contributed by atoms with Crippen LogP contribution in [-0.4, -0.2) is 11.0 Å². The second-order valence-electron chi connectivity index (χ2n) is 2.30. The fourth-order valence-electron chi connectivity index (χ4n) is 0.382. The SMILES string of the molecule is CC(C)CCOC(=S)S.[H-].[Na+]. The summed E-state index contributed by atoms with van der Waals surface area (Å²) in [4.78, 5) is 0. The predicted molar refractivity (Wildman–Crippen MR) is 48.1 cm³/mol. The van der Waals surface area contributed by atoms with Gasteiger partial charge in [0.25, 0.3) is 0 Å². The molecule has 0 spiro atoms. The largest absolute Gasteiger partial charge is 1.00 e. The topological polar surface area (TPSA) is 9.23 Å². The summed E-state index contributed by atoms with van der Waals surface area (Å²) < 4.78 is 5.29. The van der Waals surface area contributed by atoms with Crippen LogP contribution in [0.2, 0.25) is 0 Å². The minimum atomic E-state index is 0. The van der Waals surface area contributed by atoms with Crippen molar-refractivity contribution in [1.82, 2.24) is 0 Å². The molecule has 0 aliphatic carbocycles. The Balaban J connectivity index is -0.000000320. The van der Waals surface area contributed by atoms with E-state index in [0.717, 1.165) is 6.42 Å². The number of rotatable bonds is 3. The molecule has 4 heteroatoms. The molecule has 0 unspecified atom stereocenters. The van der Waals surface area contributed by atoms with Gasteiger partial charge in [0.2, 0.25) is 4.38 Å². The Labute approximate surface area is 97.1 Å². The first-order valence-corrected chi connectivity index (χ1v) is 3.84. The zero-order chi connectivity index (χ0) is 7.28. The van der Waals surface area contributed by atoms with Crippen LogP contribution in [-0.2, 0) is 4.74 Å². The smallest absolute Gasteiger partial charge is 1.00 e. The van der Waals surface area contributed by atoms with E-state index in [1.807, 2.05) is 0 Å². The van der Waals surface area contributed by atoms with Gasteiger partial charge in [-0.2, -0.15) is 0 Å². The summed E-state index contributed by atoms with van der Waals surface area (Å²) in [5, 5.41) is 0. The van der Waals surface area contributed by atoms with Gasteiger partial charge in [-0.3, -0.25) is 0 Å². The third-order valence-electron chi connectivity index (χ3n) is 0.921. The van der Waals surface area contributed by atoms with Gasteiger partial charge in [0.05, 0.1) is 6.61 Å². The van der Waals surface area contributed by atoms with E-state index in [4.69, 9.17) is 4.74 Å². The van der Waals surface area contributed by atoms with Crippen LogP contribution >= 0.6 is 24.8 Å². The summed E-state index contributed by atoms with van der Waals surface area (Å²) >= 11 is 8.40. The van der Waals surface area contributed by atoms with Crippen LogP contribution in [0.25, 0.3) is 0 Å². The van der Waals surface area contributed by atoms with Crippen molar-refractivity contribution in [3.63, 3.8) is 0 Å². The van der Waals surface area contributed by atoms with Crippen molar-refractivity contribution in [2.75, 3.05) is 6.61 Å². The molecule has 0 N–H and O–H groups in total. The molecule has 0 heterocycles. The maximum Gasteiger partial charge on any atom is 1.00 e. The third kappa shape index (κ3) is 12.0. The van der Waals surface area contributed by atoms with Gasteiger partial charge in [-0.15, -0.1) is 0 Å². The molecule has 1 nitrogen and oxygen atoms in total. The van der Waals surface area contributed by atoms with Gasteiger partial charge in [-0.05, 0) is 24.6 Å². The van der Waals surface area contributed by atoms with Crippen molar-refractivity contribution in [2.24, 2.45) is 5.92 Å². The Hall–Kier alpha value is 1.24. The van der Waals surface area contributed by atoms with Gasteiger partial charge < -0.3 is 6.16 Å². The molecule has 0 fully saturated rings. The summed E-state index contributed by atoms with van der Waals surface area (Å²) in [6.07, 6.45) is 1.04. The van der Waals surface area contributed by atoms with E-state index in [-0.39, 0.29) is 31.0 Å². The number of thiocarbonyl (C=S) groups is 1. The van der Waals surface area contributed by atoms with E-state index in [0.29, 0.717) is 16.9 Å². The molecule has 0 aliphatic heterocycles. The van der Waals surface area contributed by atoms with Crippen molar-refractivity contribution in [2.45, 2.75) is 20.3 Å². The first-order valence-electron chi connectivity index (χ1n) is 2.98. The molecule has 0 atom stereocenters. The van der Waals surface area contributed by atoms with E-state index in [1.54, 1.807) is 0 Å². The van der Waals surface area contributed by atoms with Gasteiger partial charge in [-0.1, -0.05) is 26.5 Å². The maximum atomic E-state index is 4.95. The van der Waals surface area contributed by atoms with Crippen molar-refractivity contribution in [1.29, 1.82) is 0 Å². The van der Waals surface area contributed by atoms with E-state index in [9.17, 15) is 0 Å². The summed E-state index contributed by atoms with van der Waals surface area (Å²) in [7, 11) is 0. The van der Waals surface area contributed by atoms with E-state index < -0.39 is 0 Å². The Kier molecular flexibility index (Phi) is 11.5. The van der Waals surface area contributed by atoms with Gasteiger partial charge in [-0.25, -0.2) is 0 Å². The number of hydrogen-bond acceptors (Lipinski definition) is 2. The van der Waals surface area contributed by atoms with Gasteiger partial charge >= 0.3 is 29.6 Å². The molecule has 0 aromatic rings. The first kappa shape index (κ1) is 13.8. The first-order chi connectivity index (χ1) is 4.13. The predicted octanol–water partition coefficient (Wildman–Crippen LogP) is -0.620. The zero-order valence-electron chi connectivity index (χ0n) is 7.76. The third-order valence-corrected chi connectivity index (χ3v) is 1.17. The number of thiol groups is 1. The maximum absolute atomic E-state index is 4.95. The van der Waals surface area contributed by atoms with Gasteiger partial charge in [0, 0.05) is 0 Å². The van der Waals surface area contributed by atoms with Crippen molar-refractivity contribution in [3.05, 3.63) is 0 Å². The Morgan fingerprint density at radius 1 is 1.70 bits per heavy atom. The standard InChI is InChI=1S/C6H12OS2.Na.H/c1-5(2)3-4-7-6(8)9;;/h5H,3-4H2,1-2H3,(H,8,9);;/q;+1;-1. The van der Waals surface area contributed by atoms with Crippen molar-refractivity contribution in [3.8, 4) is 0 Å². The van der Waals surface area contributed by atoms with Crippen LogP contribution in [0.5, 0.6) is 0 Å². The Bertz CT molecular complexity index is 101. The van der Waals surface area contributed by atoms with Crippen LogP contribution in [0.15, 0.2) is 0 Å². The number of ether oxygens (including phenoxy) is 1. The zero-order valence-corrected chi connectivity index (χ0v) is 10.5. The van der Waals surface area contributed by atoms with Gasteiger partial charge in [0.1, 0.15) is 0 Å². The molecule has 0 rings (SSSR count). The van der Waals surface area contributed by atoms with Crippen LogP contribution in [0, 0.1) is 5.92 Å². The van der Waals surface area contributed by atoms with Crippen LogP contribution in [0.3, 0.4) is 0 Å². The summed E-state index contributed by atoms with van der Waals surface area (Å²) in [5.74, 6) is 0.674. The molecule has 0 saturated heterocycles. The van der Waals surface area contributed by atoms with E-state index in [2.05, 4.69) is 38.7 Å². The second kappa shape index (κ2) is 8.34. The number of hydrogen-bond donors (Lipinski definition) is 1. The molecule has 0 bridgehead atoms. The van der Waals surface area contributed by atoms with Crippen LogP contribution < -0.4 is 29.6 Å². The van der Waals surface area contributed by atoms with Gasteiger partial charge in [0.15, 0.2) is 0 Å². The molecular formula is C6H13NaOS2. The summed E-state index contributed by atoms with van der Waals surface area (Å²) in [6, 6.07) is 0. The second-order valence-corrected chi connectivity index (χ2v) is 3.38. The molecule has 0 aromatic carbocycles. The average molecular weight is 188 g/mol. The minimum absolute atomic E-state index is 0. The summed E-state index contributed by atoms with van der Waals surface area (Å²) in [6.45, 7) is 4.98. The monoisotopic (exact) mass is 188 g/mol. The summed E-state index contributed by atoms with van der Waals surface area (Å²) in [5.41, 5.74) is 0. The molecule has 0 radical (unpaired) electrons. The minimum Gasteiger partial charge on any atom is -1.00 e. The molecule has 0 aromatic heterocycles. The quantitative estimate of drug-likeness (QED) is 0.359. The average Bonchev–Trinajstić information content (AvgIpc) is 1.63. The molecule has 10 heavy (non-hydrogen) atoms. The Morgan fingerprint density at radius 2 is 2.20 bits per heavy atom. The fraction of sp³-hybridized carbons (Fsp3) is 0.833. The van der Waals surface area contributed by atoms with Crippen LogP contribution in [0.4, 0.5) is 0 Å². The normalized spacial score (nSPS) is 8.80. The fourth-order valence-corrected chi connectivity index (χ4v) is 0.557. The molecular weight excluding hydrogens is 175 g/mol. The molecule has 56 valence electrons. The molecule has 0 aliphatic rings.